The van der Waals surface area contributed by atoms with E-state index in [4.69, 9.17) is 14.2 Å². The number of alkyl halides is 4. The zero-order valence-corrected chi connectivity index (χ0v) is 20.8. The molecule has 0 N–H and O–H groups in total. The molecule has 0 radical (unpaired) electrons. The molecule has 6 unspecified atom stereocenters. The van der Waals surface area contributed by atoms with Gasteiger partial charge < -0.3 is 23.5 Å². The number of hydrogen-bond donors (Lipinski definition) is 0. The number of esters is 4. The highest BCUT2D eigenvalue weighted by Gasteiger charge is 2.70. The van der Waals surface area contributed by atoms with Crippen LogP contribution in [0.3, 0.4) is 0 Å². The fourth-order valence-corrected chi connectivity index (χ4v) is 6.44. The summed E-state index contributed by atoms with van der Waals surface area (Å²) in [4.78, 5) is 49.6. The third-order valence-electron chi connectivity index (χ3n) is 7.99. The summed E-state index contributed by atoms with van der Waals surface area (Å²) < 4.78 is 104. The maximum absolute atomic E-state index is 13.4. The van der Waals surface area contributed by atoms with Crippen molar-refractivity contribution in [2.24, 2.45) is 23.7 Å². The van der Waals surface area contributed by atoms with Crippen LogP contribution >= 0.6 is 0 Å². The number of rotatable bonds is 10. The molecule has 0 spiro atoms. The summed E-state index contributed by atoms with van der Waals surface area (Å²) in [6.45, 7) is 1.89. The zero-order valence-electron chi connectivity index (χ0n) is 20.0. The number of halogens is 4. The van der Waals surface area contributed by atoms with E-state index in [0.717, 1.165) is 12.8 Å². The maximum Gasteiger partial charge on any atom is 0.481 e. The molecule has 0 aromatic carbocycles. The molecule has 4 fully saturated rings. The predicted octanol–water partition coefficient (Wildman–Crippen LogP) is 2.03. The first-order chi connectivity index (χ1) is 17.5. The van der Waals surface area contributed by atoms with Gasteiger partial charge in [-0.25, -0.2) is 8.42 Å². The molecule has 1 heterocycles. The van der Waals surface area contributed by atoms with Crippen LogP contribution in [0.25, 0.3) is 0 Å². The normalized spacial score (nSPS) is 31.7. The average Bonchev–Trinajstić information content (AvgIpc) is 3.55. The second-order valence-corrected chi connectivity index (χ2v) is 11.5. The van der Waals surface area contributed by atoms with Crippen LogP contribution in [0.15, 0.2) is 0 Å². The first-order valence-electron chi connectivity index (χ1n) is 12.1. The standard InChI is InChI=1S/C22H26F4O11S/c1-2-20(7-3-4-8-20)37-19(30)15-11-9-10-14(15)18(29)35-17(10)16(11)34-12(27)5-6-13(28)36-21(23,24)22(25,26)38(31,32)33/h10-11,14-17H,2-9H2,1H3,(H,31,32,33)/p-1. The van der Waals surface area contributed by atoms with Gasteiger partial charge in [0, 0.05) is 11.8 Å². The molecule has 0 aromatic rings. The Labute approximate surface area is 214 Å². The molecule has 6 atom stereocenters. The monoisotopic (exact) mass is 573 g/mol. The first-order valence-corrected chi connectivity index (χ1v) is 13.5. The summed E-state index contributed by atoms with van der Waals surface area (Å²) in [5.41, 5.74) is -0.627. The Morgan fingerprint density at radius 2 is 1.68 bits per heavy atom. The quantitative estimate of drug-likeness (QED) is 0.163. The predicted molar refractivity (Wildman–Crippen MR) is 111 cm³/mol. The van der Waals surface area contributed by atoms with E-state index in [0.29, 0.717) is 25.7 Å². The van der Waals surface area contributed by atoms with E-state index in [1.807, 2.05) is 6.92 Å². The van der Waals surface area contributed by atoms with Crippen molar-refractivity contribution in [2.45, 2.75) is 87.5 Å². The van der Waals surface area contributed by atoms with Crippen molar-refractivity contribution < 1.29 is 68.7 Å². The van der Waals surface area contributed by atoms with Gasteiger partial charge in [-0.3, -0.25) is 19.2 Å². The summed E-state index contributed by atoms with van der Waals surface area (Å²) in [6.07, 6.45) is -6.00. The molecule has 4 aliphatic rings. The van der Waals surface area contributed by atoms with Crippen LogP contribution in [0.2, 0.25) is 0 Å². The van der Waals surface area contributed by atoms with Crippen molar-refractivity contribution in [2.75, 3.05) is 0 Å². The summed E-state index contributed by atoms with van der Waals surface area (Å²) in [7, 11) is -6.87. The second kappa shape index (κ2) is 9.61. The number of fused-ring (bicyclic) bond motifs is 1. The minimum absolute atomic E-state index is 0.324. The lowest BCUT2D eigenvalue weighted by molar-refractivity contribution is -0.302. The molecule has 16 heteroatoms. The van der Waals surface area contributed by atoms with E-state index in [2.05, 4.69) is 4.74 Å². The topological polar surface area (TPSA) is 162 Å². The highest BCUT2D eigenvalue weighted by atomic mass is 32.2. The van der Waals surface area contributed by atoms with Gasteiger partial charge in [0.2, 0.25) is 0 Å². The Morgan fingerprint density at radius 3 is 2.26 bits per heavy atom. The Morgan fingerprint density at radius 1 is 1.08 bits per heavy atom. The van der Waals surface area contributed by atoms with E-state index in [1.54, 1.807) is 0 Å². The van der Waals surface area contributed by atoms with Gasteiger partial charge in [0.25, 0.3) is 0 Å². The SMILES string of the molecule is CCC1(OC(=O)C2C3CC4C(OC(=O)C42)C3OC(=O)CCC(=O)OC(F)(F)C(F)(F)S(=O)(=O)[O-])CCCC1. The van der Waals surface area contributed by atoms with Crippen molar-refractivity contribution in [1.82, 2.24) is 0 Å². The molecule has 2 bridgehead atoms. The third kappa shape index (κ3) is 4.73. The van der Waals surface area contributed by atoms with E-state index < -0.39 is 99.7 Å². The smallest absolute Gasteiger partial charge is 0.481 e. The molecular weight excluding hydrogens is 548 g/mol. The van der Waals surface area contributed by atoms with E-state index in [1.165, 1.54) is 0 Å². The van der Waals surface area contributed by atoms with Crippen molar-refractivity contribution >= 4 is 34.0 Å². The van der Waals surface area contributed by atoms with E-state index in [9.17, 15) is 49.7 Å². The second-order valence-electron chi connectivity index (χ2n) is 10.1. The fourth-order valence-electron chi connectivity index (χ4n) is 6.11. The average molecular weight is 573 g/mol. The molecule has 4 rings (SSSR count). The molecule has 0 amide bonds. The highest BCUT2D eigenvalue weighted by molar-refractivity contribution is 7.86. The molecule has 38 heavy (non-hydrogen) atoms. The Balaban J connectivity index is 1.37. The Bertz CT molecular complexity index is 1120. The van der Waals surface area contributed by atoms with Crippen molar-refractivity contribution in [3.8, 4) is 0 Å². The largest absolute Gasteiger partial charge is 0.743 e. The van der Waals surface area contributed by atoms with Gasteiger partial charge in [0.15, 0.2) is 10.1 Å². The molecule has 3 aliphatic carbocycles. The lowest BCUT2D eigenvalue weighted by Crippen LogP contribution is -2.49. The van der Waals surface area contributed by atoms with Crippen LogP contribution in [-0.2, 0) is 48.2 Å². The summed E-state index contributed by atoms with van der Waals surface area (Å²) in [5.74, 6) is -7.21. The van der Waals surface area contributed by atoms with Crippen molar-refractivity contribution in [3.05, 3.63) is 0 Å². The number of ether oxygens (including phenoxy) is 4. The molecular formula is C22H25F4O11S-. The van der Waals surface area contributed by atoms with Crippen LogP contribution in [0.4, 0.5) is 17.6 Å². The van der Waals surface area contributed by atoms with Crippen molar-refractivity contribution in [1.29, 1.82) is 0 Å². The Kier molecular flexibility index (Phi) is 7.21. The molecule has 11 nitrogen and oxygen atoms in total. The number of carbonyl (C=O) groups is 4. The number of hydrogen-bond acceptors (Lipinski definition) is 11. The molecule has 1 saturated heterocycles. The van der Waals surface area contributed by atoms with Gasteiger partial charge >= 0.3 is 35.2 Å². The van der Waals surface area contributed by atoms with E-state index in [-0.39, 0.29) is 0 Å². The van der Waals surface area contributed by atoms with Gasteiger partial charge in [-0.15, -0.1) is 0 Å². The van der Waals surface area contributed by atoms with Crippen LogP contribution in [0.5, 0.6) is 0 Å². The minimum atomic E-state index is -6.87. The Hall–Kier alpha value is -2.49. The lowest BCUT2D eigenvalue weighted by atomic mass is 9.78. The summed E-state index contributed by atoms with van der Waals surface area (Å²) >= 11 is 0. The molecule has 0 aromatic heterocycles. The van der Waals surface area contributed by atoms with Crippen LogP contribution < -0.4 is 0 Å². The number of carbonyl (C=O) groups excluding carboxylic acids is 4. The maximum atomic E-state index is 13.4. The van der Waals surface area contributed by atoms with Gasteiger partial charge in [0.1, 0.15) is 17.8 Å². The zero-order chi connectivity index (χ0) is 28.3. The molecule has 214 valence electrons. The fraction of sp³-hybridized carbons (Fsp3) is 0.818. The lowest BCUT2D eigenvalue weighted by Gasteiger charge is -2.34. The molecule has 1 aliphatic heterocycles. The van der Waals surface area contributed by atoms with Gasteiger partial charge in [-0.2, -0.15) is 17.6 Å². The van der Waals surface area contributed by atoms with Gasteiger partial charge in [0.05, 0.1) is 24.7 Å². The van der Waals surface area contributed by atoms with Crippen LogP contribution in [-0.4, -0.2) is 66.0 Å². The molecule has 3 saturated carbocycles. The summed E-state index contributed by atoms with van der Waals surface area (Å²) in [6, 6.07) is 0. The van der Waals surface area contributed by atoms with Crippen LogP contribution in [0, 0.1) is 23.7 Å². The van der Waals surface area contributed by atoms with Crippen LogP contribution in [0.1, 0.15) is 58.3 Å². The van der Waals surface area contributed by atoms with E-state index >= 15 is 0 Å². The third-order valence-corrected chi connectivity index (χ3v) is 8.86. The summed E-state index contributed by atoms with van der Waals surface area (Å²) in [5, 5.41) is -6.24. The minimum Gasteiger partial charge on any atom is -0.743 e. The van der Waals surface area contributed by atoms with Crippen molar-refractivity contribution in [3.63, 3.8) is 0 Å². The van der Waals surface area contributed by atoms with Gasteiger partial charge in [-0.05, 0) is 38.5 Å². The first kappa shape index (κ1) is 28.5. The highest BCUT2D eigenvalue weighted by Crippen LogP contribution is 2.59. The van der Waals surface area contributed by atoms with Gasteiger partial charge in [-0.1, -0.05) is 6.92 Å².